The van der Waals surface area contributed by atoms with Crippen LogP contribution < -0.4 is 5.06 Å². The van der Waals surface area contributed by atoms with Crippen molar-refractivity contribution >= 4 is 12.1 Å². The molecule has 1 N–H and O–H groups in total. The number of carbonyl (C=O) groups is 1. The Kier molecular flexibility index (Phi) is 4.66. The lowest BCUT2D eigenvalue weighted by Gasteiger charge is -2.26. The molecule has 1 rings (SSSR count). The van der Waals surface area contributed by atoms with Gasteiger partial charge in [0.15, 0.2) is 0 Å². The van der Waals surface area contributed by atoms with Crippen molar-refractivity contribution in [2.45, 2.75) is 32.8 Å². The third kappa shape index (κ3) is 4.54. The highest BCUT2D eigenvalue weighted by Crippen LogP contribution is 2.19. The number of hydroxylamine groups is 1. The summed E-state index contributed by atoms with van der Waals surface area (Å²) in [6.07, 6.45) is 1.21. The molecular formula is C13H19NO3. The molecule has 0 aliphatic heterocycles. The number of anilines is 1. The van der Waals surface area contributed by atoms with Crippen LogP contribution in [0.15, 0.2) is 24.3 Å². The summed E-state index contributed by atoms with van der Waals surface area (Å²) < 4.78 is 0. The monoisotopic (exact) mass is 237 g/mol. The van der Waals surface area contributed by atoms with Crippen LogP contribution in [0.4, 0.5) is 5.69 Å². The third-order valence-electron chi connectivity index (χ3n) is 2.03. The molecule has 1 amide bonds. The molecule has 0 atom stereocenters. The van der Waals surface area contributed by atoms with Crippen molar-refractivity contribution in [1.82, 2.24) is 0 Å². The predicted octanol–water partition coefficient (Wildman–Crippen LogP) is 1.91. The minimum Gasteiger partial charge on any atom is -0.396 e. The number of carbonyl (C=O) groups excluding carboxylic acids is 1. The maximum atomic E-state index is 11.0. The summed E-state index contributed by atoms with van der Waals surface area (Å²) in [6.45, 7) is 5.72. The van der Waals surface area contributed by atoms with Gasteiger partial charge in [-0.2, -0.15) is 5.06 Å². The summed E-state index contributed by atoms with van der Waals surface area (Å²) in [4.78, 5) is 16.5. The number of hydrogen-bond donors (Lipinski definition) is 1. The van der Waals surface area contributed by atoms with Gasteiger partial charge >= 0.3 is 0 Å². The van der Waals surface area contributed by atoms with Crippen LogP contribution in [0.5, 0.6) is 0 Å². The summed E-state index contributed by atoms with van der Waals surface area (Å²) in [7, 11) is 0. The van der Waals surface area contributed by atoms with Crippen LogP contribution in [0.1, 0.15) is 26.3 Å². The van der Waals surface area contributed by atoms with Crippen molar-refractivity contribution in [2.24, 2.45) is 0 Å². The van der Waals surface area contributed by atoms with Gasteiger partial charge in [0.25, 0.3) is 0 Å². The normalized spacial score (nSPS) is 11.3. The fourth-order valence-corrected chi connectivity index (χ4v) is 1.41. The van der Waals surface area contributed by atoms with Gasteiger partial charge in [0.2, 0.25) is 6.41 Å². The number of benzene rings is 1. The van der Waals surface area contributed by atoms with E-state index in [0.717, 1.165) is 5.56 Å². The molecule has 0 heterocycles. The molecule has 4 nitrogen and oxygen atoms in total. The average Bonchev–Trinajstić information content (AvgIpc) is 2.25. The van der Waals surface area contributed by atoms with Crippen LogP contribution in [0.2, 0.25) is 0 Å². The molecule has 0 radical (unpaired) electrons. The van der Waals surface area contributed by atoms with Crippen molar-refractivity contribution in [2.75, 3.05) is 11.7 Å². The molecular weight excluding hydrogens is 218 g/mol. The Morgan fingerprint density at radius 1 is 1.41 bits per heavy atom. The summed E-state index contributed by atoms with van der Waals surface area (Å²) >= 11 is 0. The Hall–Kier alpha value is -1.39. The van der Waals surface area contributed by atoms with Crippen LogP contribution in [-0.4, -0.2) is 23.7 Å². The van der Waals surface area contributed by atoms with Gasteiger partial charge in [-0.1, -0.05) is 12.1 Å². The topological polar surface area (TPSA) is 49.8 Å². The van der Waals surface area contributed by atoms with E-state index in [1.165, 1.54) is 5.06 Å². The van der Waals surface area contributed by atoms with Crippen LogP contribution >= 0.6 is 0 Å². The summed E-state index contributed by atoms with van der Waals surface area (Å²) in [5.41, 5.74) is 1.20. The first-order chi connectivity index (χ1) is 7.96. The quantitative estimate of drug-likeness (QED) is 0.628. The van der Waals surface area contributed by atoms with Crippen LogP contribution in [-0.2, 0) is 16.1 Å². The zero-order valence-electron chi connectivity index (χ0n) is 10.5. The van der Waals surface area contributed by atoms with E-state index in [-0.39, 0.29) is 6.61 Å². The molecule has 17 heavy (non-hydrogen) atoms. The Balaban J connectivity index is 2.88. The number of aliphatic hydroxyl groups is 1. The first-order valence-corrected chi connectivity index (χ1v) is 5.60. The molecule has 0 fully saturated rings. The van der Waals surface area contributed by atoms with Crippen molar-refractivity contribution in [3.8, 4) is 0 Å². The first kappa shape index (κ1) is 13.7. The molecule has 0 aliphatic carbocycles. The Morgan fingerprint density at radius 3 is 2.65 bits per heavy atom. The fourth-order valence-electron chi connectivity index (χ4n) is 1.41. The lowest BCUT2D eigenvalue weighted by Crippen LogP contribution is -2.33. The van der Waals surface area contributed by atoms with Gasteiger partial charge < -0.3 is 5.11 Å². The first-order valence-electron chi connectivity index (χ1n) is 5.60. The molecule has 1 aromatic rings. The lowest BCUT2D eigenvalue weighted by molar-refractivity contribution is -0.120. The highest BCUT2D eigenvalue weighted by Gasteiger charge is 2.17. The number of aliphatic hydroxyl groups excluding tert-OH is 1. The summed E-state index contributed by atoms with van der Waals surface area (Å²) in [5, 5.41) is 10.1. The summed E-state index contributed by atoms with van der Waals surface area (Å²) in [5.74, 6) is 0. The maximum absolute atomic E-state index is 11.0. The highest BCUT2D eigenvalue weighted by molar-refractivity contribution is 5.72. The van der Waals surface area contributed by atoms with Crippen molar-refractivity contribution in [3.05, 3.63) is 29.8 Å². The molecule has 94 valence electrons. The Morgan fingerprint density at radius 2 is 2.12 bits per heavy atom. The van der Waals surface area contributed by atoms with E-state index in [2.05, 4.69) is 0 Å². The van der Waals surface area contributed by atoms with Crippen LogP contribution in [0.3, 0.4) is 0 Å². The van der Waals surface area contributed by atoms with Gasteiger partial charge in [0, 0.05) is 6.61 Å². The SMILES string of the molecule is CC(C)(C)ON(C=O)c1cccc(CCO)c1. The van der Waals surface area contributed by atoms with Crippen LogP contribution in [0.25, 0.3) is 0 Å². The van der Waals surface area contributed by atoms with Gasteiger partial charge in [-0.3, -0.25) is 9.63 Å². The molecule has 0 aromatic heterocycles. The van der Waals surface area contributed by atoms with E-state index in [0.29, 0.717) is 18.5 Å². The van der Waals surface area contributed by atoms with Crippen molar-refractivity contribution < 1.29 is 14.7 Å². The summed E-state index contributed by atoms with van der Waals surface area (Å²) in [6, 6.07) is 7.36. The zero-order valence-corrected chi connectivity index (χ0v) is 10.5. The standard InChI is InChI=1S/C13H19NO3/c1-13(2,3)17-14(10-16)12-6-4-5-11(9-12)7-8-15/h4-6,9-10,15H,7-8H2,1-3H3. The maximum Gasteiger partial charge on any atom is 0.238 e. The Bertz CT molecular complexity index is 371. The number of hydrogen-bond acceptors (Lipinski definition) is 3. The van der Waals surface area contributed by atoms with Gasteiger partial charge in [0.1, 0.15) is 0 Å². The minimum absolute atomic E-state index is 0.0880. The largest absolute Gasteiger partial charge is 0.396 e. The van der Waals surface area contributed by atoms with E-state index in [1.54, 1.807) is 6.07 Å². The minimum atomic E-state index is -0.437. The third-order valence-corrected chi connectivity index (χ3v) is 2.03. The zero-order chi connectivity index (χ0) is 12.9. The molecule has 1 aromatic carbocycles. The van der Waals surface area contributed by atoms with E-state index < -0.39 is 5.60 Å². The second kappa shape index (κ2) is 5.80. The predicted molar refractivity (Wildman–Crippen MR) is 66.6 cm³/mol. The molecule has 4 heteroatoms. The van der Waals surface area contributed by atoms with E-state index in [1.807, 2.05) is 39.0 Å². The van der Waals surface area contributed by atoms with Gasteiger partial charge in [0.05, 0.1) is 11.3 Å². The molecule has 0 spiro atoms. The van der Waals surface area contributed by atoms with E-state index in [4.69, 9.17) is 9.94 Å². The molecule has 0 bridgehead atoms. The van der Waals surface area contributed by atoms with Gasteiger partial charge in [-0.15, -0.1) is 0 Å². The molecule has 0 unspecified atom stereocenters. The number of amides is 1. The lowest BCUT2D eigenvalue weighted by atomic mass is 10.1. The van der Waals surface area contributed by atoms with Crippen molar-refractivity contribution in [1.29, 1.82) is 0 Å². The smallest absolute Gasteiger partial charge is 0.238 e. The van der Waals surface area contributed by atoms with Crippen LogP contribution in [0, 0.1) is 0 Å². The molecule has 0 saturated heterocycles. The number of rotatable bonds is 5. The second-order valence-corrected chi connectivity index (χ2v) is 4.78. The van der Waals surface area contributed by atoms with E-state index >= 15 is 0 Å². The molecule has 0 saturated carbocycles. The van der Waals surface area contributed by atoms with Gasteiger partial charge in [-0.05, 0) is 44.9 Å². The molecule has 0 aliphatic rings. The average molecular weight is 237 g/mol. The van der Waals surface area contributed by atoms with Gasteiger partial charge in [-0.25, -0.2) is 0 Å². The second-order valence-electron chi connectivity index (χ2n) is 4.78. The highest BCUT2D eigenvalue weighted by atomic mass is 16.7. The van der Waals surface area contributed by atoms with Crippen molar-refractivity contribution in [3.63, 3.8) is 0 Å². The fraction of sp³-hybridized carbons (Fsp3) is 0.462. The number of nitrogens with zero attached hydrogens (tertiary/aromatic N) is 1. The van der Waals surface area contributed by atoms with E-state index in [9.17, 15) is 4.79 Å². The Labute approximate surface area is 102 Å².